The number of unbranched alkanes of at least 4 members (excludes halogenated alkanes) is 8. The van der Waals surface area contributed by atoms with E-state index in [1.54, 1.807) is 0 Å². The van der Waals surface area contributed by atoms with Gasteiger partial charge in [0, 0.05) is 12.5 Å². The van der Waals surface area contributed by atoms with Gasteiger partial charge in [-0.15, -0.1) is 0 Å². The van der Waals surface area contributed by atoms with Crippen LogP contribution in [0, 0.1) is 0 Å². The highest BCUT2D eigenvalue weighted by Gasteiger charge is 2.43. The highest BCUT2D eigenvalue weighted by molar-refractivity contribution is 5.99. The Labute approximate surface area is 488 Å². The number of aliphatic hydroxyl groups excluding tert-OH is 9. The molecule has 1 aromatic rings. The van der Waals surface area contributed by atoms with Crippen LogP contribution in [-0.2, 0) is 57.4 Å². The van der Waals surface area contributed by atoms with Crippen molar-refractivity contribution in [2.24, 2.45) is 17.2 Å². The minimum atomic E-state index is -2.66. The van der Waals surface area contributed by atoms with Crippen molar-refractivity contribution in [1.29, 1.82) is 0 Å². The molecule has 85 heavy (non-hydrogen) atoms. The number of benzene rings is 1. The van der Waals surface area contributed by atoms with Gasteiger partial charge in [-0.3, -0.25) is 47.9 Å². The normalized spacial score (nSPS) is 27.5. The second-order valence-corrected chi connectivity index (χ2v) is 20.8. The lowest BCUT2D eigenvalue weighted by molar-refractivity contribution is -0.293. The molecule has 33 nitrogen and oxygen atoms in total. The number of nitrogens with two attached hydrogens (primary N) is 3. The maximum Gasteiger partial charge on any atom is 0.248 e. The summed E-state index contributed by atoms with van der Waals surface area (Å²) in [5.74, 6) is -13.9. The molecule has 2 saturated heterocycles. The van der Waals surface area contributed by atoms with Crippen molar-refractivity contribution in [3.05, 3.63) is 29.8 Å². The Morgan fingerprint density at radius 1 is 0.659 bits per heavy atom. The second kappa shape index (κ2) is 36.9. The number of phenolic OH excluding ortho intramolecular Hbond substituents is 1. The first kappa shape index (κ1) is 72.5. The van der Waals surface area contributed by atoms with Gasteiger partial charge in [-0.1, -0.05) is 76.8 Å². The third kappa shape index (κ3) is 23.9. The van der Waals surface area contributed by atoms with Crippen molar-refractivity contribution in [2.75, 3.05) is 32.9 Å². The summed E-state index contributed by atoms with van der Waals surface area (Å²) in [6.07, 6.45) is -12.6. The summed E-state index contributed by atoms with van der Waals surface area (Å²) < 4.78 is 11.3. The van der Waals surface area contributed by atoms with Crippen LogP contribution in [0.4, 0.5) is 0 Å². The van der Waals surface area contributed by atoms with Crippen molar-refractivity contribution in [3.8, 4) is 5.75 Å². The first-order valence-corrected chi connectivity index (χ1v) is 28.0. The van der Waals surface area contributed by atoms with E-state index >= 15 is 0 Å². The van der Waals surface area contributed by atoms with Crippen molar-refractivity contribution < 1.29 is 108 Å². The van der Waals surface area contributed by atoms with Crippen LogP contribution in [0.25, 0.3) is 0 Å². The molecule has 0 saturated carbocycles. The monoisotopic (exact) mass is 1220 g/mol. The fourth-order valence-electron chi connectivity index (χ4n) is 9.10. The Hall–Kier alpha value is -6.76. The SMILES string of the molecule is CCCCCCCCCCC[C@@H](O[C@H]1OC[C@@H](O)[C@H](O)[C@H]1O)[C@H](O)[C@H](O)C[C@@H]1CC(=O)N[C@@H](CO)C(=O)N[C@H]([C@H](O)c2ccc(O)cc2)C(=O)N[C@H](CCN)C(=O)NCC(=O)N[C@@H](CC(N)=O)C(=O)N[C@H](CO)C(=O)N[C@@H]([C@H](O)C(N)=O)C(=O)N1. The van der Waals surface area contributed by atoms with Crippen LogP contribution in [-0.4, -0.2) is 234 Å². The van der Waals surface area contributed by atoms with Crippen LogP contribution in [0.1, 0.15) is 108 Å². The predicted octanol–water partition coefficient (Wildman–Crippen LogP) is -8.75. The third-order valence-electron chi connectivity index (χ3n) is 14.0. The molecular formula is C52H85N11O22. The number of nitrogens with one attached hydrogen (secondary N) is 8. The van der Waals surface area contributed by atoms with Gasteiger partial charge in [-0.05, 0) is 43.5 Å². The van der Waals surface area contributed by atoms with Crippen LogP contribution in [0.5, 0.6) is 5.75 Å². The smallest absolute Gasteiger partial charge is 0.248 e. The second-order valence-electron chi connectivity index (χ2n) is 20.8. The number of carbonyl (C=O) groups is 10. The molecule has 2 heterocycles. The van der Waals surface area contributed by atoms with Crippen LogP contribution in [0.15, 0.2) is 24.3 Å². The molecule has 24 N–H and O–H groups in total. The number of carbonyl (C=O) groups excluding carboxylic acids is 10. The van der Waals surface area contributed by atoms with E-state index in [2.05, 4.69) is 38.8 Å². The summed E-state index contributed by atoms with van der Waals surface area (Å²) in [5.41, 5.74) is 16.2. The Morgan fingerprint density at radius 3 is 1.78 bits per heavy atom. The van der Waals surface area contributed by atoms with E-state index in [9.17, 15) is 99.0 Å². The zero-order chi connectivity index (χ0) is 63.5. The van der Waals surface area contributed by atoms with E-state index in [0.29, 0.717) is 12.8 Å². The maximum absolute atomic E-state index is 14.2. The number of aromatic hydroxyl groups is 1. The molecule has 10 amide bonds. The Balaban J connectivity index is 2.15. The molecule has 0 radical (unpaired) electrons. The molecule has 2 aliphatic rings. The van der Waals surface area contributed by atoms with Crippen molar-refractivity contribution >= 4 is 59.1 Å². The predicted molar refractivity (Wildman–Crippen MR) is 292 cm³/mol. The third-order valence-corrected chi connectivity index (χ3v) is 14.0. The molecule has 0 unspecified atom stereocenters. The van der Waals surface area contributed by atoms with E-state index in [1.165, 1.54) is 0 Å². The van der Waals surface area contributed by atoms with Crippen molar-refractivity contribution in [3.63, 3.8) is 0 Å². The van der Waals surface area contributed by atoms with Gasteiger partial charge in [0.1, 0.15) is 72.5 Å². The standard InChI is InChI=1S/C52H85N11O22/c1-2-3-4-5-6-7-8-9-10-11-34(85-52-44(76)42(74)33(68)24-84-52)41(73)32(67)18-26-19-36(70)59-30(22-64)48(80)62-38(40(72)25-12-14-27(66)15-13-25)51(83)60-28(16-17-53)46(78)56-21-37(71)58-29(20-35(54)69)47(79)61-31(23-65)49(81)63-39(50(82)57-26)43(75)45(55)77/h12-15,26,28-34,38-44,52,64-68,72-76H,2-11,16-24,53H2,1H3,(H2,54,69)(H2,55,77)(H,56,78)(H,57,82)(H,58,71)(H,59,70)(H,60,83)(H,61,79)(H,62,80)(H,63,81)/t26-,28-,29+,30+,31-,32-,33-,34-,38-,39+,40-,41-,42+,43+,44-,52-/m1/s1. The fraction of sp³-hybridized carbons (Fsp3) is 0.692. The highest BCUT2D eigenvalue weighted by Crippen LogP contribution is 2.25. The van der Waals surface area contributed by atoms with Gasteiger partial charge < -0.3 is 120 Å². The van der Waals surface area contributed by atoms with Crippen LogP contribution in [0.3, 0.4) is 0 Å². The molecule has 2 aliphatic heterocycles. The molecule has 33 heteroatoms. The summed E-state index contributed by atoms with van der Waals surface area (Å²) in [5, 5.41) is 125. The molecule has 2 fully saturated rings. The van der Waals surface area contributed by atoms with Crippen LogP contribution < -0.4 is 59.7 Å². The summed E-state index contributed by atoms with van der Waals surface area (Å²) >= 11 is 0. The van der Waals surface area contributed by atoms with Crippen molar-refractivity contribution in [1.82, 2.24) is 42.5 Å². The molecule has 1 aromatic carbocycles. The summed E-state index contributed by atoms with van der Waals surface area (Å²) in [6.45, 7) is -2.28. The van der Waals surface area contributed by atoms with Gasteiger partial charge in [0.05, 0.1) is 45.0 Å². The molecule has 0 aromatic heterocycles. The molecule has 0 spiro atoms. The zero-order valence-corrected chi connectivity index (χ0v) is 47.1. The van der Waals surface area contributed by atoms with Gasteiger partial charge in [0.2, 0.25) is 59.1 Å². The minimum absolute atomic E-state index is 0.0391. The van der Waals surface area contributed by atoms with Crippen LogP contribution >= 0.6 is 0 Å². The number of ether oxygens (including phenoxy) is 2. The van der Waals surface area contributed by atoms with E-state index in [-0.39, 0.29) is 30.7 Å². The molecule has 16 atom stereocenters. The molecule has 480 valence electrons. The number of aliphatic hydroxyl groups is 9. The van der Waals surface area contributed by atoms with E-state index < -0.39 is 202 Å². The Kier molecular flexibility index (Phi) is 31.5. The average Bonchev–Trinajstić information content (AvgIpc) is 3.21. The summed E-state index contributed by atoms with van der Waals surface area (Å²) in [7, 11) is 0. The van der Waals surface area contributed by atoms with E-state index in [0.717, 1.165) is 69.2 Å². The molecule has 0 aliphatic carbocycles. The largest absolute Gasteiger partial charge is 0.508 e. The number of hydrogen-bond donors (Lipinski definition) is 21. The Morgan fingerprint density at radius 2 is 1.20 bits per heavy atom. The van der Waals surface area contributed by atoms with Gasteiger partial charge >= 0.3 is 0 Å². The topological polar surface area (TPSA) is 566 Å². The lowest BCUT2D eigenvalue weighted by atomic mass is 9.94. The Bertz CT molecular complexity index is 2360. The van der Waals surface area contributed by atoms with Gasteiger partial charge in [-0.2, -0.15) is 0 Å². The zero-order valence-electron chi connectivity index (χ0n) is 47.1. The lowest BCUT2D eigenvalue weighted by Crippen LogP contribution is -2.63. The van der Waals surface area contributed by atoms with E-state index in [1.807, 2.05) is 10.6 Å². The summed E-state index contributed by atoms with van der Waals surface area (Å²) in [6, 6.07) is -9.69. The van der Waals surface area contributed by atoms with Gasteiger partial charge in [0.25, 0.3) is 0 Å². The number of amides is 10. The number of hydrogen-bond acceptors (Lipinski definition) is 23. The maximum atomic E-state index is 14.2. The lowest BCUT2D eigenvalue weighted by Gasteiger charge is -2.38. The fourth-order valence-corrected chi connectivity index (χ4v) is 9.10. The van der Waals surface area contributed by atoms with Crippen LogP contribution in [0.2, 0.25) is 0 Å². The first-order chi connectivity index (χ1) is 40.3. The first-order valence-electron chi connectivity index (χ1n) is 28.0. The van der Waals surface area contributed by atoms with Gasteiger partial charge in [-0.25, -0.2) is 0 Å². The number of rotatable bonds is 26. The average molecular weight is 1220 g/mol. The highest BCUT2D eigenvalue weighted by atomic mass is 16.7. The van der Waals surface area contributed by atoms with Crippen molar-refractivity contribution in [2.45, 2.75) is 194 Å². The molecular weight excluding hydrogens is 1130 g/mol. The molecule has 0 bridgehead atoms. The van der Waals surface area contributed by atoms with E-state index in [4.69, 9.17) is 26.7 Å². The quantitative estimate of drug-likeness (QED) is 0.0383. The molecule has 3 rings (SSSR count). The van der Waals surface area contributed by atoms with Gasteiger partial charge in [0.15, 0.2) is 12.4 Å². The number of phenols is 1. The number of primary amides is 2. The summed E-state index contributed by atoms with van der Waals surface area (Å²) in [4.78, 5) is 135. The minimum Gasteiger partial charge on any atom is -0.508 e.